The standard InChI is InChI=1S/C10H6ClFN4O/c11-7-2-4-14-10(15-7)16-9(17)6-1-3-13-8(12)5-6/h1-5H,(H,14,15,16,17). The highest BCUT2D eigenvalue weighted by atomic mass is 35.5. The minimum atomic E-state index is -0.732. The van der Waals surface area contributed by atoms with E-state index in [1.807, 2.05) is 0 Å². The van der Waals surface area contributed by atoms with Gasteiger partial charge in [0.05, 0.1) is 0 Å². The number of rotatable bonds is 2. The van der Waals surface area contributed by atoms with E-state index in [1.165, 1.54) is 24.5 Å². The lowest BCUT2D eigenvalue weighted by atomic mass is 10.2. The molecule has 0 atom stereocenters. The Labute approximate surface area is 101 Å². The fraction of sp³-hybridized carbons (Fsp3) is 0. The normalized spacial score (nSPS) is 10.0. The van der Waals surface area contributed by atoms with E-state index < -0.39 is 11.9 Å². The van der Waals surface area contributed by atoms with E-state index in [0.717, 1.165) is 6.07 Å². The van der Waals surface area contributed by atoms with Crippen molar-refractivity contribution in [1.82, 2.24) is 15.0 Å². The van der Waals surface area contributed by atoms with Crippen molar-refractivity contribution in [3.8, 4) is 0 Å². The van der Waals surface area contributed by atoms with E-state index in [9.17, 15) is 9.18 Å². The van der Waals surface area contributed by atoms with Crippen LogP contribution in [-0.2, 0) is 0 Å². The molecule has 0 radical (unpaired) electrons. The third kappa shape index (κ3) is 2.94. The fourth-order valence-corrected chi connectivity index (χ4v) is 1.25. The van der Waals surface area contributed by atoms with Gasteiger partial charge in [0.25, 0.3) is 5.91 Å². The lowest BCUT2D eigenvalue weighted by molar-refractivity contribution is 0.102. The molecule has 0 unspecified atom stereocenters. The molecule has 1 amide bonds. The van der Waals surface area contributed by atoms with Gasteiger partial charge in [0.15, 0.2) is 0 Å². The Kier molecular flexibility index (Phi) is 3.24. The molecule has 0 aliphatic carbocycles. The van der Waals surface area contributed by atoms with Crippen LogP contribution in [0.1, 0.15) is 10.4 Å². The van der Waals surface area contributed by atoms with Crippen LogP contribution in [0.3, 0.4) is 0 Å². The van der Waals surface area contributed by atoms with E-state index in [-0.39, 0.29) is 16.7 Å². The molecule has 86 valence electrons. The van der Waals surface area contributed by atoms with Gasteiger partial charge in [-0.2, -0.15) is 4.39 Å². The molecular weight excluding hydrogens is 247 g/mol. The molecule has 0 aliphatic rings. The molecule has 5 nitrogen and oxygen atoms in total. The highest BCUT2D eigenvalue weighted by Crippen LogP contribution is 2.08. The number of nitrogens with one attached hydrogen (secondary N) is 1. The van der Waals surface area contributed by atoms with Crippen molar-refractivity contribution in [2.75, 3.05) is 5.32 Å². The zero-order valence-electron chi connectivity index (χ0n) is 8.39. The Bertz CT molecular complexity index is 564. The Hall–Kier alpha value is -2.08. The predicted octanol–water partition coefficient (Wildman–Crippen LogP) is 1.92. The van der Waals surface area contributed by atoms with Crippen LogP contribution in [0.15, 0.2) is 30.6 Å². The summed E-state index contributed by atoms with van der Waals surface area (Å²) < 4.78 is 12.8. The molecule has 0 bridgehead atoms. The number of anilines is 1. The van der Waals surface area contributed by atoms with Crippen molar-refractivity contribution >= 4 is 23.5 Å². The van der Waals surface area contributed by atoms with Gasteiger partial charge in [0.1, 0.15) is 5.15 Å². The van der Waals surface area contributed by atoms with Gasteiger partial charge in [0, 0.05) is 24.0 Å². The second-order valence-electron chi connectivity index (χ2n) is 3.02. The summed E-state index contributed by atoms with van der Waals surface area (Å²) in [6.07, 6.45) is 2.60. The minimum absolute atomic E-state index is 0.0553. The molecule has 1 N–H and O–H groups in total. The molecule has 0 saturated carbocycles. The second-order valence-corrected chi connectivity index (χ2v) is 3.41. The number of amides is 1. The maximum absolute atomic E-state index is 12.8. The van der Waals surface area contributed by atoms with Crippen LogP contribution in [0.5, 0.6) is 0 Å². The molecule has 0 spiro atoms. The first-order valence-corrected chi connectivity index (χ1v) is 4.94. The number of halogens is 2. The number of aromatic nitrogens is 3. The highest BCUT2D eigenvalue weighted by Gasteiger charge is 2.08. The maximum atomic E-state index is 12.8. The molecule has 0 saturated heterocycles. The summed E-state index contributed by atoms with van der Waals surface area (Å²) in [7, 11) is 0. The van der Waals surface area contributed by atoms with Crippen LogP contribution in [0.25, 0.3) is 0 Å². The minimum Gasteiger partial charge on any atom is -0.290 e. The molecular formula is C10H6ClFN4O. The number of nitrogens with zero attached hydrogens (tertiary/aromatic N) is 3. The van der Waals surface area contributed by atoms with E-state index in [0.29, 0.717) is 0 Å². The van der Waals surface area contributed by atoms with Gasteiger partial charge < -0.3 is 0 Å². The lowest BCUT2D eigenvalue weighted by Gasteiger charge is -2.03. The number of pyridine rings is 1. The van der Waals surface area contributed by atoms with Crippen molar-refractivity contribution in [2.24, 2.45) is 0 Å². The number of carbonyl (C=O) groups is 1. The molecule has 7 heteroatoms. The summed E-state index contributed by atoms with van der Waals surface area (Å²) in [4.78, 5) is 22.6. The third-order valence-electron chi connectivity index (χ3n) is 1.84. The van der Waals surface area contributed by atoms with Gasteiger partial charge >= 0.3 is 0 Å². The predicted molar refractivity (Wildman–Crippen MR) is 59.2 cm³/mol. The fourth-order valence-electron chi connectivity index (χ4n) is 1.11. The topological polar surface area (TPSA) is 67.8 Å². The summed E-state index contributed by atoms with van der Waals surface area (Å²) in [6, 6.07) is 3.87. The molecule has 0 aromatic carbocycles. The molecule has 2 heterocycles. The summed E-state index contributed by atoms with van der Waals surface area (Å²) in [5.74, 6) is -1.21. The monoisotopic (exact) mass is 252 g/mol. The second kappa shape index (κ2) is 4.84. The van der Waals surface area contributed by atoms with E-state index in [1.54, 1.807) is 0 Å². The molecule has 2 rings (SSSR count). The van der Waals surface area contributed by atoms with Crippen LogP contribution in [0.4, 0.5) is 10.3 Å². The third-order valence-corrected chi connectivity index (χ3v) is 2.05. The molecule has 2 aromatic heterocycles. The zero-order chi connectivity index (χ0) is 12.3. The number of carbonyl (C=O) groups excluding carboxylic acids is 1. The van der Waals surface area contributed by atoms with Crippen LogP contribution in [-0.4, -0.2) is 20.9 Å². The SMILES string of the molecule is O=C(Nc1nccc(Cl)n1)c1ccnc(F)c1. The Morgan fingerprint density at radius 2 is 2.06 bits per heavy atom. The van der Waals surface area contributed by atoms with Crippen LogP contribution >= 0.6 is 11.6 Å². The summed E-state index contributed by atoms with van der Waals surface area (Å²) in [6.45, 7) is 0. The smallest absolute Gasteiger partial charge is 0.258 e. The van der Waals surface area contributed by atoms with Crippen molar-refractivity contribution in [2.45, 2.75) is 0 Å². The summed E-state index contributed by atoms with van der Waals surface area (Å²) >= 11 is 5.63. The van der Waals surface area contributed by atoms with Gasteiger partial charge in [-0.1, -0.05) is 11.6 Å². The summed E-state index contributed by atoms with van der Waals surface area (Å²) in [5, 5.41) is 2.59. The quantitative estimate of drug-likeness (QED) is 0.655. The van der Waals surface area contributed by atoms with Gasteiger partial charge in [-0.25, -0.2) is 15.0 Å². The van der Waals surface area contributed by atoms with Crippen LogP contribution in [0, 0.1) is 5.95 Å². The first-order chi connectivity index (χ1) is 8.15. The van der Waals surface area contributed by atoms with Crippen molar-refractivity contribution in [3.63, 3.8) is 0 Å². The van der Waals surface area contributed by atoms with Crippen molar-refractivity contribution in [1.29, 1.82) is 0 Å². The van der Waals surface area contributed by atoms with E-state index >= 15 is 0 Å². The Morgan fingerprint density at radius 1 is 1.29 bits per heavy atom. The largest absolute Gasteiger partial charge is 0.290 e. The Balaban J connectivity index is 2.17. The van der Waals surface area contributed by atoms with Crippen LogP contribution in [0.2, 0.25) is 5.15 Å². The Morgan fingerprint density at radius 3 is 2.76 bits per heavy atom. The zero-order valence-corrected chi connectivity index (χ0v) is 9.15. The average Bonchev–Trinajstić information content (AvgIpc) is 2.29. The average molecular weight is 253 g/mol. The van der Waals surface area contributed by atoms with E-state index in [2.05, 4.69) is 20.3 Å². The maximum Gasteiger partial charge on any atom is 0.258 e. The van der Waals surface area contributed by atoms with Gasteiger partial charge in [-0.05, 0) is 12.1 Å². The lowest BCUT2D eigenvalue weighted by Crippen LogP contribution is -2.14. The molecule has 0 aliphatic heterocycles. The van der Waals surface area contributed by atoms with Gasteiger partial charge in [-0.3, -0.25) is 10.1 Å². The molecule has 2 aromatic rings. The molecule has 17 heavy (non-hydrogen) atoms. The van der Waals surface area contributed by atoms with Crippen LogP contribution < -0.4 is 5.32 Å². The highest BCUT2D eigenvalue weighted by molar-refractivity contribution is 6.29. The van der Waals surface area contributed by atoms with Crippen molar-refractivity contribution < 1.29 is 9.18 Å². The summed E-state index contributed by atoms with van der Waals surface area (Å²) in [5.41, 5.74) is 0.126. The first kappa shape index (κ1) is 11.4. The van der Waals surface area contributed by atoms with Gasteiger partial charge in [-0.15, -0.1) is 0 Å². The first-order valence-electron chi connectivity index (χ1n) is 4.56. The van der Waals surface area contributed by atoms with E-state index in [4.69, 9.17) is 11.6 Å². The number of hydrogen-bond acceptors (Lipinski definition) is 4. The van der Waals surface area contributed by atoms with Gasteiger partial charge in [0.2, 0.25) is 11.9 Å². The van der Waals surface area contributed by atoms with Crippen molar-refractivity contribution in [3.05, 3.63) is 47.3 Å². The number of hydrogen-bond donors (Lipinski definition) is 1. The molecule has 0 fully saturated rings.